The van der Waals surface area contributed by atoms with Crippen LogP contribution in [0.2, 0.25) is 0 Å². The molecule has 3 aromatic rings. The fourth-order valence-corrected chi connectivity index (χ4v) is 5.30. The van der Waals surface area contributed by atoms with Crippen molar-refractivity contribution in [2.75, 3.05) is 23.7 Å². The highest BCUT2D eigenvalue weighted by molar-refractivity contribution is 7.89. The Morgan fingerprint density at radius 2 is 1.74 bits per heavy atom. The van der Waals surface area contributed by atoms with E-state index in [1.807, 2.05) is 24.6 Å². The van der Waals surface area contributed by atoms with Crippen molar-refractivity contribution in [3.8, 4) is 0 Å². The fraction of sp³-hybridized carbons (Fsp3) is 0.375. The van der Waals surface area contributed by atoms with Gasteiger partial charge in [-0.1, -0.05) is 19.9 Å². The van der Waals surface area contributed by atoms with Crippen LogP contribution in [0.15, 0.2) is 41.3 Å². The molecule has 10 heteroatoms. The zero-order valence-electron chi connectivity index (χ0n) is 20.2. The molecule has 0 fully saturated rings. The van der Waals surface area contributed by atoms with Crippen molar-refractivity contribution in [3.63, 3.8) is 0 Å². The van der Waals surface area contributed by atoms with Gasteiger partial charge >= 0.3 is 0 Å². The summed E-state index contributed by atoms with van der Waals surface area (Å²) in [5.41, 5.74) is 3.39. The Morgan fingerprint density at radius 1 is 1.03 bits per heavy atom. The minimum atomic E-state index is -3.58. The summed E-state index contributed by atoms with van der Waals surface area (Å²) < 4.78 is 29.0. The monoisotopic (exact) mass is 485 g/mol. The average molecular weight is 486 g/mol. The van der Waals surface area contributed by atoms with E-state index in [0.29, 0.717) is 42.2 Å². The van der Waals surface area contributed by atoms with E-state index in [-0.39, 0.29) is 23.1 Å². The molecule has 0 saturated heterocycles. The third-order valence-electron chi connectivity index (χ3n) is 5.62. The molecule has 0 aliphatic heterocycles. The number of hydrogen-bond acceptors (Lipinski definition) is 5. The first-order valence-electron chi connectivity index (χ1n) is 11.2. The third kappa shape index (κ3) is 5.45. The van der Waals surface area contributed by atoms with Gasteiger partial charge in [-0.15, -0.1) is 0 Å². The van der Waals surface area contributed by atoms with Crippen molar-refractivity contribution in [2.24, 2.45) is 7.05 Å². The maximum atomic E-state index is 12.8. The Hall–Kier alpha value is -3.24. The Kier molecular flexibility index (Phi) is 7.73. The molecule has 2 amide bonds. The lowest BCUT2D eigenvalue weighted by molar-refractivity contribution is -0.116. The smallest absolute Gasteiger partial charge is 0.243 e. The van der Waals surface area contributed by atoms with Crippen LogP contribution in [-0.4, -0.2) is 47.2 Å². The van der Waals surface area contributed by atoms with E-state index in [1.54, 1.807) is 44.2 Å². The van der Waals surface area contributed by atoms with Crippen LogP contribution in [0.4, 0.5) is 11.4 Å². The fourth-order valence-electron chi connectivity index (χ4n) is 3.82. The zero-order chi connectivity index (χ0) is 25.0. The molecule has 2 N–H and O–H groups in total. The first kappa shape index (κ1) is 25.4. The summed E-state index contributed by atoms with van der Waals surface area (Å²) >= 11 is 0. The van der Waals surface area contributed by atoms with Crippen molar-refractivity contribution in [1.29, 1.82) is 0 Å². The van der Waals surface area contributed by atoms with Gasteiger partial charge in [-0.25, -0.2) is 13.4 Å². The van der Waals surface area contributed by atoms with Gasteiger partial charge < -0.3 is 15.2 Å². The number of hydrogen-bond donors (Lipinski definition) is 2. The van der Waals surface area contributed by atoms with Crippen LogP contribution in [0.1, 0.15) is 38.6 Å². The Balaban J connectivity index is 1.77. The summed E-state index contributed by atoms with van der Waals surface area (Å²) in [6.07, 6.45) is 0.547. The maximum Gasteiger partial charge on any atom is 0.243 e. The molecule has 0 unspecified atom stereocenters. The Labute approximate surface area is 200 Å². The number of anilines is 2. The number of nitrogens with zero attached hydrogens (tertiary/aromatic N) is 3. The van der Waals surface area contributed by atoms with E-state index < -0.39 is 10.0 Å². The van der Waals surface area contributed by atoms with Crippen molar-refractivity contribution in [2.45, 2.75) is 45.4 Å². The molecule has 0 bridgehead atoms. The maximum absolute atomic E-state index is 12.8. The molecule has 9 nitrogen and oxygen atoms in total. The van der Waals surface area contributed by atoms with Gasteiger partial charge in [-0.2, -0.15) is 4.31 Å². The van der Waals surface area contributed by atoms with E-state index in [1.165, 1.54) is 11.2 Å². The van der Waals surface area contributed by atoms with E-state index >= 15 is 0 Å². The van der Waals surface area contributed by atoms with Crippen LogP contribution in [0.5, 0.6) is 0 Å². The number of imidazole rings is 1. The van der Waals surface area contributed by atoms with Crippen LogP contribution in [0.3, 0.4) is 0 Å². The number of aryl methyl sites for hydroxylation is 3. The van der Waals surface area contributed by atoms with Crippen LogP contribution >= 0.6 is 0 Å². The Bertz CT molecular complexity index is 1330. The number of nitrogens with one attached hydrogen (secondary N) is 2. The highest BCUT2D eigenvalue weighted by Crippen LogP contribution is 2.25. The second-order valence-corrected chi connectivity index (χ2v) is 10.0. The molecule has 0 aliphatic rings. The largest absolute Gasteiger partial charge is 0.331 e. The molecule has 1 aromatic heterocycles. The molecular formula is C24H31N5O4S. The molecule has 0 atom stereocenters. The van der Waals surface area contributed by atoms with E-state index in [9.17, 15) is 18.0 Å². The standard InChI is InChI=1S/C24H31N5O4S/c1-6-29(7-2)34(32,33)18-9-11-22-21(15-18)26-23(28(22)5)12-13-24(31)27-20-14-16(3)8-10-19(20)25-17(4)30/h8-11,14-15H,6-7,12-13H2,1-5H3,(H,25,30)(H,27,31). The van der Waals surface area contributed by atoms with Gasteiger partial charge in [0.1, 0.15) is 5.82 Å². The zero-order valence-corrected chi connectivity index (χ0v) is 21.0. The normalized spacial score (nSPS) is 11.7. The first-order valence-corrected chi connectivity index (χ1v) is 12.6. The predicted molar refractivity (Wildman–Crippen MR) is 133 cm³/mol. The quantitative estimate of drug-likeness (QED) is 0.482. The molecule has 182 valence electrons. The second-order valence-electron chi connectivity index (χ2n) is 8.11. The van der Waals surface area contributed by atoms with Crippen molar-refractivity contribution >= 4 is 44.2 Å². The summed E-state index contributed by atoms with van der Waals surface area (Å²) in [6, 6.07) is 10.3. The average Bonchev–Trinajstić information content (AvgIpc) is 3.09. The number of amides is 2. The second kappa shape index (κ2) is 10.4. The van der Waals surface area contributed by atoms with E-state index in [2.05, 4.69) is 15.6 Å². The number of benzene rings is 2. The van der Waals surface area contributed by atoms with Gasteiger partial charge in [0.05, 0.1) is 27.3 Å². The highest BCUT2D eigenvalue weighted by Gasteiger charge is 2.23. The molecule has 1 heterocycles. The molecule has 2 aromatic carbocycles. The van der Waals surface area contributed by atoms with E-state index in [0.717, 1.165) is 11.1 Å². The van der Waals surface area contributed by atoms with Gasteiger partial charge in [-0.05, 0) is 42.8 Å². The van der Waals surface area contributed by atoms with Crippen LogP contribution < -0.4 is 10.6 Å². The molecular weight excluding hydrogens is 454 g/mol. The number of fused-ring (bicyclic) bond motifs is 1. The number of carbonyl (C=O) groups is 2. The first-order chi connectivity index (χ1) is 16.1. The summed E-state index contributed by atoms with van der Waals surface area (Å²) in [5, 5.41) is 5.58. The molecule has 0 radical (unpaired) electrons. The molecule has 0 aliphatic carbocycles. The van der Waals surface area contributed by atoms with Gasteiger partial charge in [0.2, 0.25) is 21.8 Å². The van der Waals surface area contributed by atoms with Crippen molar-refractivity contribution in [3.05, 3.63) is 47.8 Å². The van der Waals surface area contributed by atoms with Crippen LogP contribution in [0.25, 0.3) is 11.0 Å². The van der Waals surface area contributed by atoms with Gasteiger partial charge in [0.25, 0.3) is 0 Å². The summed E-state index contributed by atoms with van der Waals surface area (Å²) in [5.74, 6) is 0.240. The molecule has 0 saturated carbocycles. The number of aromatic nitrogens is 2. The number of sulfonamides is 1. The lowest BCUT2D eigenvalue weighted by atomic mass is 10.1. The lowest BCUT2D eigenvalue weighted by Gasteiger charge is -2.18. The SMILES string of the molecule is CCN(CC)S(=O)(=O)c1ccc2c(c1)nc(CCC(=O)Nc1cc(C)ccc1NC(C)=O)n2C. The summed E-state index contributed by atoms with van der Waals surface area (Å²) in [4.78, 5) is 28.9. The Morgan fingerprint density at radius 3 is 2.38 bits per heavy atom. The van der Waals surface area contributed by atoms with Gasteiger partial charge in [0.15, 0.2) is 0 Å². The number of rotatable bonds is 9. The third-order valence-corrected chi connectivity index (χ3v) is 7.67. The topological polar surface area (TPSA) is 113 Å². The minimum Gasteiger partial charge on any atom is -0.331 e. The van der Waals surface area contributed by atoms with Gasteiger partial charge in [0, 0.05) is 39.9 Å². The van der Waals surface area contributed by atoms with Crippen molar-refractivity contribution < 1.29 is 18.0 Å². The molecule has 0 spiro atoms. The van der Waals surface area contributed by atoms with Crippen LogP contribution in [-0.2, 0) is 33.1 Å². The summed E-state index contributed by atoms with van der Waals surface area (Å²) in [6.45, 7) is 7.71. The van der Waals surface area contributed by atoms with Gasteiger partial charge in [-0.3, -0.25) is 9.59 Å². The minimum absolute atomic E-state index is 0.176. The number of carbonyl (C=O) groups excluding carboxylic acids is 2. The lowest BCUT2D eigenvalue weighted by Crippen LogP contribution is -2.30. The summed E-state index contributed by atoms with van der Waals surface area (Å²) in [7, 11) is -1.74. The van der Waals surface area contributed by atoms with Crippen LogP contribution in [0, 0.1) is 6.92 Å². The van der Waals surface area contributed by atoms with E-state index in [4.69, 9.17) is 0 Å². The molecule has 34 heavy (non-hydrogen) atoms. The van der Waals surface area contributed by atoms with Crippen molar-refractivity contribution in [1.82, 2.24) is 13.9 Å². The predicted octanol–water partition coefficient (Wildman–Crippen LogP) is 3.44. The molecule has 3 rings (SSSR count). The highest BCUT2D eigenvalue weighted by atomic mass is 32.2.